The third kappa shape index (κ3) is 11.0. The Morgan fingerprint density at radius 1 is 1.00 bits per heavy atom. The van der Waals surface area contributed by atoms with Crippen LogP contribution in [0.15, 0.2) is 0 Å². The van der Waals surface area contributed by atoms with Crippen molar-refractivity contribution in [2.24, 2.45) is 17.8 Å². The molecule has 1 unspecified atom stereocenters. The maximum Gasteiger partial charge on any atom is 0.309 e. The Kier molecular flexibility index (Phi) is 12.5. The van der Waals surface area contributed by atoms with E-state index in [0.29, 0.717) is 31.1 Å². The zero-order valence-corrected chi connectivity index (χ0v) is 19.3. The molecule has 0 bridgehead atoms. The van der Waals surface area contributed by atoms with E-state index in [1.165, 1.54) is 19.3 Å². The van der Waals surface area contributed by atoms with E-state index < -0.39 is 12.2 Å². The van der Waals surface area contributed by atoms with Gasteiger partial charge in [0.05, 0.1) is 18.1 Å². The van der Waals surface area contributed by atoms with Crippen LogP contribution in [-0.4, -0.2) is 35.4 Å². The van der Waals surface area contributed by atoms with Crippen LogP contribution in [-0.2, 0) is 19.1 Å². The van der Waals surface area contributed by atoms with Gasteiger partial charge in [-0.1, -0.05) is 47.0 Å². The number of hydrogen-bond acceptors (Lipinski definition) is 5. The van der Waals surface area contributed by atoms with E-state index in [2.05, 4.69) is 20.8 Å². The van der Waals surface area contributed by atoms with Crippen molar-refractivity contribution >= 4 is 11.9 Å². The number of aliphatic hydroxyl groups excluding tert-OH is 1. The van der Waals surface area contributed by atoms with Crippen LogP contribution in [0.1, 0.15) is 105 Å². The molecule has 5 heteroatoms. The Hall–Kier alpha value is -1.10. The number of esters is 2. The standard InChI is InChI=1S/C24H44O5/c1-6-7-10-17(2)15-18(3)16-21(25)22-12-9-8-11-20(5)28-23(26)14-13-19(4)24(27)29-22/h17-22,25H,6-16H2,1-5H3/t17?,18-,19-,20-,21-,22-/m0/s1. The maximum absolute atomic E-state index is 12.5. The van der Waals surface area contributed by atoms with E-state index in [9.17, 15) is 14.7 Å². The summed E-state index contributed by atoms with van der Waals surface area (Å²) in [6.07, 6.45) is 8.03. The van der Waals surface area contributed by atoms with E-state index >= 15 is 0 Å². The van der Waals surface area contributed by atoms with Gasteiger partial charge in [-0.25, -0.2) is 0 Å². The molecule has 1 rings (SSSR count). The molecule has 1 heterocycles. The SMILES string of the molecule is CCCCC(C)C[C@H](C)C[C@H](O)[C@@H]1CCCC[C@H](C)OC(=O)CC[C@H](C)C(=O)O1. The molecule has 0 amide bonds. The highest BCUT2D eigenvalue weighted by molar-refractivity contribution is 5.74. The van der Waals surface area contributed by atoms with Crippen LogP contribution in [0.25, 0.3) is 0 Å². The third-order valence-corrected chi connectivity index (χ3v) is 6.06. The lowest BCUT2D eigenvalue weighted by molar-refractivity contribution is -0.161. The fraction of sp³-hybridized carbons (Fsp3) is 0.917. The second-order valence-corrected chi connectivity index (χ2v) is 9.39. The van der Waals surface area contributed by atoms with E-state index in [1.807, 2.05) is 6.92 Å². The highest BCUT2D eigenvalue weighted by Gasteiger charge is 2.28. The molecule has 5 nitrogen and oxygen atoms in total. The molecule has 1 aliphatic heterocycles. The lowest BCUT2D eigenvalue weighted by atomic mass is 9.88. The van der Waals surface area contributed by atoms with Gasteiger partial charge in [-0.2, -0.15) is 0 Å². The molecule has 1 saturated heterocycles. The van der Waals surface area contributed by atoms with Crippen LogP contribution in [0.5, 0.6) is 0 Å². The minimum absolute atomic E-state index is 0.108. The zero-order valence-electron chi connectivity index (χ0n) is 19.3. The van der Waals surface area contributed by atoms with Gasteiger partial charge in [0.25, 0.3) is 0 Å². The molecule has 1 fully saturated rings. The summed E-state index contributed by atoms with van der Waals surface area (Å²) in [7, 11) is 0. The first kappa shape index (κ1) is 25.9. The van der Waals surface area contributed by atoms with Crippen molar-refractivity contribution in [1.29, 1.82) is 0 Å². The molecule has 0 aliphatic carbocycles. The number of ether oxygens (including phenoxy) is 2. The fourth-order valence-corrected chi connectivity index (χ4v) is 4.18. The quantitative estimate of drug-likeness (QED) is 0.539. The Morgan fingerprint density at radius 3 is 2.38 bits per heavy atom. The van der Waals surface area contributed by atoms with E-state index in [-0.39, 0.29) is 30.4 Å². The predicted molar refractivity (Wildman–Crippen MR) is 115 cm³/mol. The van der Waals surface area contributed by atoms with Gasteiger partial charge < -0.3 is 14.6 Å². The number of cyclic esters (lactones) is 2. The van der Waals surface area contributed by atoms with Crippen LogP contribution >= 0.6 is 0 Å². The van der Waals surface area contributed by atoms with Crippen molar-refractivity contribution in [3.05, 3.63) is 0 Å². The molecule has 29 heavy (non-hydrogen) atoms. The summed E-state index contributed by atoms with van der Waals surface area (Å²) in [5, 5.41) is 10.8. The summed E-state index contributed by atoms with van der Waals surface area (Å²) in [5.74, 6) is 0.0966. The minimum Gasteiger partial charge on any atom is -0.463 e. The highest BCUT2D eigenvalue weighted by atomic mass is 16.6. The summed E-state index contributed by atoms with van der Waals surface area (Å²) in [6, 6.07) is 0. The first-order chi connectivity index (χ1) is 13.7. The molecule has 0 aromatic rings. The van der Waals surface area contributed by atoms with Crippen LogP contribution in [0, 0.1) is 17.8 Å². The van der Waals surface area contributed by atoms with Crippen LogP contribution in [0.4, 0.5) is 0 Å². The molecule has 0 spiro atoms. The lowest BCUT2D eigenvalue weighted by Crippen LogP contribution is -2.34. The van der Waals surface area contributed by atoms with Gasteiger partial charge in [0.1, 0.15) is 6.10 Å². The number of rotatable bonds is 8. The topological polar surface area (TPSA) is 72.8 Å². The van der Waals surface area contributed by atoms with Crippen molar-refractivity contribution in [3.63, 3.8) is 0 Å². The number of carbonyl (C=O) groups excluding carboxylic acids is 2. The van der Waals surface area contributed by atoms with Crippen molar-refractivity contribution in [2.75, 3.05) is 0 Å². The molecule has 6 atom stereocenters. The van der Waals surface area contributed by atoms with Gasteiger partial charge in [0.2, 0.25) is 0 Å². The zero-order chi connectivity index (χ0) is 21.8. The van der Waals surface area contributed by atoms with E-state index in [0.717, 1.165) is 25.7 Å². The van der Waals surface area contributed by atoms with Crippen LogP contribution < -0.4 is 0 Å². The van der Waals surface area contributed by atoms with Crippen LogP contribution in [0.2, 0.25) is 0 Å². The maximum atomic E-state index is 12.5. The second-order valence-electron chi connectivity index (χ2n) is 9.39. The monoisotopic (exact) mass is 412 g/mol. The van der Waals surface area contributed by atoms with Crippen molar-refractivity contribution in [2.45, 2.75) is 124 Å². The van der Waals surface area contributed by atoms with E-state index in [1.54, 1.807) is 6.92 Å². The number of aliphatic hydroxyl groups is 1. The summed E-state index contributed by atoms with van der Waals surface area (Å²) < 4.78 is 11.1. The molecular weight excluding hydrogens is 368 g/mol. The summed E-state index contributed by atoms with van der Waals surface area (Å²) in [5.41, 5.74) is 0. The fourth-order valence-electron chi connectivity index (χ4n) is 4.18. The Balaban J connectivity index is 2.66. The van der Waals surface area contributed by atoms with Gasteiger partial charge in [0.15, 0.2) is 0 Å². The van der Waals surface area contributed by atoms with Crippen molar-refractivity contribution < 1.29 is 24.2 Å². The van der Waals surface area contributed by atoms with Gasteiger partial charge in [-0.05, 0) is 63.7 Å². The predicted octanol–water partition coefficient (Wildman–Crippen LogP) is 5.42. The molecule has 0 radical (unpaired) electrons. The third-order valence-electron chi connectivity index (χ3n) is 6.06. The van der Waals surface area contributed by atoms with Crippen LogP contribution in [0.3, 0.4) is 0 Å². The molecule has 170 valence electrons. The number of unbranched alkanes of at least 4 members (excludes halogenated alkanes) is 1. The van der Waals surface area contributed by atoms with E-state index in [4.69, 9.17) is 9.47 Å². The molecule has 0 aromatic carbocycles. The summed E-state index contributed by atoms with van der Waals surface area (Å²) in [6.45, 7) is 10.4. The Morgan fingerprint density at radius 2 is 1.69 bits per heavy atom. The van der Waals surface area contributed by atoms with Gasteiger partial charge in [0, 0.05) is 6.42 Å². The average Bonchev–Trinajstić information content (AvgIpc) is 2.66. The number of hydrogen-bond donors (Lipinski definition) is 1. The molecule has 1 aliphatic rings. The Bertz CT molecular complexity index is 478. The van der Waals surface area contributed by atoms with Crippen molar-refractivity contribution in [3.8, 4) is 0 Å². The molecular formula is C24H44O5. The molecule has 0 saturated carbocycles. The van der Waals surface area contributed by atoms with Gasteiger partial charge in [-0.15, -0.1) is 0 Å². The second kappa shape index (κ2) is 14.0. The highest BCUT2D eigenvalue weighted by Crippen LogP contribution is 2.25. The first-order valence-corrected chi connectivity index (χ1v) is 11.8. The minimum atomic E-state index is -0.639. The summed E-state index contributed by atoms with van der Waals surface area (Å²) >= 11 is 0. The van der Waals surface area contributed by atoms with Gasteiger partial charge in [-0.3, -0.25) is 9.59 Å². The van der Waals surface area contributed by atoms with Gasteiger partial charge >= 0.3 is 11.9 Å². The molecule has 0 aromatic heterocycles. The normalized spacial score (nSPS) is 28.1. The lowest BCUT2D eigenvalue weighted by Gasteiger charge is -2.27. The summed E-state index contributed by atoms with van der Waals surface area (Å²) in [4.78, 5) is 24.4. The van der Waals surface area contributed by atoms with Crippen molar-refractivity contribution in [1.82, 2.24) is 0 Å². The largest absolute Gasteiger partial charge is 0.463 e. The number of carbonyl (C=O) groups is 2. The molecule has 1 N–H and O–H groups in total. The smallest absolute Gasteiger partial charge is 0.309 e. The first-order valence-electron chi connectivity index (χ1n) is 11.8. The average molecular weight is 413 g/mol. The Labute approximate surface area is 177 Å².